The molecule has 0 bridgehead atoms. The van der Waals surface area contributed by atoms with Crippen molar-refractivity contribution in [3.05, 3.63) is 0 Å². The van der Waals surface area contributed by atoms with Crippen LogP contribution in [0.5, 0.6) is 0 Å². The maximum atomic E-state index is 11.2. The minimum Gasteiger partial charge on any atom is -0.403 e. The van der Waals surface area contributed by atoms with Crippen LogP contribution in [0.15, 0.2) is 0 Å². The van der Waals surface area contributed by atoms with Crippen molar-refractivity contribution in [3.63, 3.8) is 0 Å². The van der Waals surface area contributed by atoms with Gasteiger partial charge in [-0.25, -0.2) is 0 Å². The van der Waals surface area contributed by atoms with E-state index in [0.717, 1.165) is 0 Å². The van der Waals surface area contributed by atoms with E-state index in [4.69, 9.17) is 35.2 Å². The monoisotopic (exact) mass is 554 g/mol. The fourth-order valence-corrected chi connectivity index (χ4v) is 8.52. The molecule has 0 radical (unpaired) electrons. The molecule has 216 valence electrons. The molecule has 0 aromatic rings. The van der Waals surface area contributed by atoms with Crippen LogP contribution in [0.3, 0.4) is 0 Å². The van der Waals surface area contributed by atoms with Crippen molar-refractivity contribution in [1.82, 2.24) is 0 Å². The van der Waals surface area contributed by atoms with E-state index in [1.165, 1.54) is 0 Å². The van der Waals surface area contributed by atoms with Gasteiger partial charge < -0.3 is 40.3 Å². The maximum Gasteiger partial charge on any atom is 0.669 e. The molecule has 0 amide bonds. The molecule has 0 saturated heterocycles. The lowest BCUT2D eigenvalue weighted by Crippen LogP contribution is -2.65. The first-order valence-corrected chi connectivity index (χ1v) is 15.9. The topological polar surface area (TPSA) is 94.1 Å². The SMILES string of the molecule is CC(C)(C)O[Si](OB(O)O[Si](OC(C)(C)C)(OC(C)(C)C)OC(C)(C)C)(OC(C)(C)C)OC(C)(C)C. The van der Waals surface area contributed by atoms with Gasteiger partial charge in [0.2, 0.25) is 0 Å². The van der Waals surface area contributed by atoms with Crippen LogP contribution in [0, 0.1) is 0 Å². The van der Waals surface area contributed by atoms with Gasteiger partial charge in [-0.05, 0) is 125 Å². The largest absolute Gasteiger partial charge is 0.669 e. The molecule has 0 atom stereocenters. The van der Waals surface area contributed by atoms with Gasteiger partial charge in [-0.1, -0.05) is 0 Å². The van der Waals surface area contributed by atoms with E-state index >= 15 is 0 Å². The summed E-state index contributed by atoms with van der Waals surface area (Å²) in [7, 11) is -10.0. The molecule has 0 rings (SSSR count). The van der Waals surface area contributed by atoms with E-state index in [2.05, 4.69) is 0 Å². The zero-order chi connectivity index (χ0) is 29.2. The maximum absolute atomic E-state index is 11.2. The van der Waals surface area contributed by atoms with Crippen molar-refractivity contribution >= 4 is 25.4 Å². The van der Waals surface area contributed by atoms with Crippen LogP contribution < -0.4 is 0 Å². The lowest BCUT2D eigenvalue weighted by molar-refractivity contribution is -0.132. The second-order valence-corrected chi connectivity index (χ2v) is 18.5. The Kier molecular flexibility index (Phi) is 11.8. The van der Waals surface area contributed by atoms with Crippen molar-refractivity contribution in [2.75, 3.05) is 0 Å². The normalized spacial score (nSPS) is 15.4. The molecule has 0 unspecified atom stereocenters. The smallest absolute Gasteiger partial charge is 0.403 e. The van der Waals surface area contributed by atoms with Gasteiger partial charge in [-0.3, -0.25) is 0 Å². The van der Waals surface area contributed by atoms with E-state index in [0.29, 0.717) is 0 Å². The predicted molar refractivity (Wildman–Crippen MR) is 147 cm³/mol. The minimum atomic E-state index is -4.06. The van der Waals surface area contributed by atoms with Gasteiger partial charge in [0.1, 0.15) is 0 Å². The van der Waals surface area contributed by atoms with E-state index < -0.39 is 59.0 Å². The molecule has 12 heteroatoms. The van der Waals surface area contributed by atoms with E-state index in [-0.39, 0.29) is 0 Å². The molecule has 9 nitrogen and oxygen atoms in total. The molecule has 0 heterocycles. The molecule has 0 aliphatic rings. The molecule has 0 fully saturated rings. The van der Waals surface area contributed by atoms with Crippen LogP contribution in [0.2, 0.25) is 0 Å². The Morgan fingerprint density at radius 3 is 0.611 bits per heavy atom. The number of hydrogen-bond acceptors (Lipinski definition) is 9. The zero-order valence-corrected chi connectivity index (χ0v) is 28.3. The summed E-state index contributed by atoms with van der Waals surface area (Å²) < 4.78 is 49.9. The van der Waals surface area contributed by atoms with Gasteiger partial charge >= 0.3 is 25.4 Å². The van der Waals surface area contributed by atoms with Crippen molar-refractivity contribution in [2.24, 2.45) is 0 Å². The fraction of sp³-hybridized carbons (Fsp3) is 1.00. The summed E-state index contributed by atoms with van der Waals surface area (Å²) in [5.74, 6) is 0. The molecule has 0 spiro atoms. The minimum absolute atomic E-state index is 0.720. The molecule has 36 heavy (non-hydrogen) atoms. The Balaban J connectivity index is 6.61. The molecule has 0 saturated carbocycles. The van der Waals surface area contributed by atoms with Gasteiger partial charge in [0.25, 0.3) is 0 Å². The lowest BCUT2D eigenvalue weighted by atomic mass is 10.2. The lowest BCUT2D eigenvalue weighted by Gasteiger charge is -2.43. The summed E-state index contributed by atoms with van der Waals surface area (Å²) >= 11 is 0. The summed E-state index contributed by atoms with van der Waals surface area (Å²) in [6, 6.07) is 0. The Morgan fingerprint density at radius 1 is 0.361 bits per heavy atom. The molecule has 1 N–H and O–H groups in total. The van der Waals surface area contributed by atoms with Crippen LogP contribution in [0.25, 0.3) is 0 Å². The molecule has 0 aliphatic heterocycles. The highest BCUT2D eigenvalue weighted by molar-refractivity contribution is 6.68. The standard InChI is InChI=1S/C24H55BO9Si2/c1-19(2,3)27-35(28-20(4,5)6,29-21(7,8)9)33-25(26)34-36(30-22(10,11)12,31-23(13,14)15)32-24(16,17)18/h26H,1-18H3. The van der Waals surface area contributed by atoms with Gasteiger partial charge in [0.15, 0.2) is 0 Å². The Labute approximate surface area is 224 Å². The third-order valence-electron chi connectivity index (χ3n) is 3.08. The number of hydrogen-bond donors (Lipinski definition) is 1. The second kappa shape index (κ2) is 11.7. The van der Waals surface area contributed by atoms with Crippen molar-refractivity contribution < 1.29 is 40.3 Å². The predicted octanol–water partition coefficient (Wildman–Crippen LogP) is 5.76. The highest BCUT2D eigenvalue weighted by Gasteiger charge is 2.61. The molecule has 0 aromatic heterocycles. The summed E-state index contributed by atoms with van der Waals surface area (Å²) in [5, 5.41) is 11.2. The summed E-state index contributed by atoms with van der Waals surface area (Å²) in [5.41, 5.74) is -4.32. The third-order valence-corrected chi connectivity index (χ3v) is 9.23. The Morgan fingerprint density at radius 2 is 0.500 bits per heavy atom. The van der Waals surface area contributed by atoms with Crippen molar-refractivity contribution in [2.45, 2.75) is 158 Å². The highest BCUT2D eigenvalue weighted by atomic mass is 28.4. The number of rotatable bonds is 10. The average molecular weight is 555 g/mol. The summed E-state index contributed by atoms with van der Waals surface area (Å²) in [6.45, 7) is 33.4. The van der Waals surface area contributed by atoms with Gasteiger partial charge in [0.05, 0.1) is 33.6 Å². The van der Waals surface area contributed by atoms with Gasteiger partial charge in [-0.15, -0.1) is 0 Å². The van der Waals surface area contributed by atoms with Crippen LogP contribution in [-0.2, 0) is 35.2 Å². The van der Waals surface area contributed by atoms with Gasteiger partial charge in [-0.2, -0.15) is 0 Å². The van der Waals surface area contributed by atoms with E-state index in [1.807, 2.05) is 125 Å². The molecular weight excluding hydrogens is 499 g/mol. The van der Waals surface area contributed by atoms with Crippen LogP contribution >= 0.6 is 0 Å². The Hall–Kier alpha value is 0.139. The average Bonchev–Trinajstić information content (AvgIpc) is 2.31. The van der Waals surface area contributed by atoms with Crippen LogP contribution in [-0.4, -0.2) is 64.0 Å². The van der Waals surface area contributed by atoms with Crippen LogP contribution in [0.1, 0.15) is 125 Å². The fourth-order valence-electron chi connectivity index (χ4n) is 2.79. The van der Waals surface area contributed by atoms with E-state index in [9.17, 15) is 5.02 Å². The Bertz CT molecular complexity index is 539. The highest BCUT2D eigenvalue weighted by Crippen LogP contribution is 2.33. The molecule has 0 aromatic carbocycles. The third kappa shape index (κ3) is 17.6. The molecule has 0 aliphatic carbocycles. The molecular formula is C24H55BO9Si2. The van der Waals surface area contributed by atoms with Gasteiger partial charge in [0, 0.05) is 0 Å². The van der Waals surface area contributed by atoms with Crippen molar-refractivity contribution in [1.29, 1.82) is 0 Å². The first-order valence-electron chi connectivity index (χ1n) is 12.6. The first-order chi connectivity index (χ1) is 15.3. The van der Waals surface area contributed by atoms with E-state index in [1.54, 1.807) is 0 Å². The van der Waals surface area contributed by atoms with Crippen LogP contribution in [0.4, 0.5) is 0 Å². The zero-order valence-electron chi connectivity index (χ0n) is 26.3. The second-order valence-electron chi connectivity index (χ2n) is 14.8. The quantitative estimate of drug-likeness (QED) is 0.338. The van der Waals surface area contributed by atoms with Crippen molar-refractivity contribution in [3.8, 4) is 0 Å². The summed E-state index contributed by atoms with van der Waals surface area (Å²) in [4.78, 5) is 0. The first kappa shape index (κ1) is 36.1. The summed E-state index contributed by atoms with van der Waals surface area (Å²) in [6.07, 6.45) is 0.